The summed E-state index contributed by atoms with van der Waals surface area (Å²) in [6.45, 7) is 8.24. The molecule has 0 aliphatic carbocycles. The summed E-state index contributed by atoms with van der Waals surface area (Å²) >= 11 is 0. The number of hydrogen-bond donors (Lipinski definition) is 0. The van der Waals surface area contributed by atoms with Gasteiger partial charge in [0.05, 0.1) is 0 Å². The van der Waals surface area contributed by atoms with Gasteiger partial charge in [0.2, 0.25) is 0 Å². The highest BCUT2D eigenvalue weighted by atomic mass is 32.2. The summed E-state index contributed by atoms with van der Waals surface area (Å²) in [4.78, 5) is 5.25. The molecule has 0 radical (unpaired) electrons. The van der Waals surface area contributed by atoms with Gasteiger partial charge in [-0.2, -0.15) is 0 Å². The Morgan fingerprint density at radius 1 is 1.29 bits per heavy atom. The first-order valence-corrected chi connectivity index (χ1v) is 8.57. The van der Waals surface area contributed by atoms with Gasteiger partial charge >= 0.3 is 0 Å². The third kappa shape index (κ3) is 3.76. The normalized spacial score (nSPS) is 30.8. The lowest BCUT2D eigenvalue weighted by molar-refractivity contribution is 0.0490. The van der Waals surface area contributed by atoms with Gasteiger partial charge in [-0.05, 0) is 32.4 Å². The van der Waals surface area contributed by atoms with Gasteiger partial charge in [-0.25, -0.2) is 0 Å². The molecule has 3 nitrogen and oxygen atoms in total. The van der Waals surface area contributed by atoms with E-state index in [0.29, 0.717) is 5.25 Å². The Bertz CT molecular complexity index is 272. The minimum absolute atomic E-state index is 0.347. The Morgan fingerprint density at radius 3 is 2.88 bits per heavy atom. The standard InChI is InChI=1S/C13H26N2OS/c1-12(17(2)16)6-8-14-9-10-15-7-4-3-5-13(15)11-14/h12-13H,3-11H2,1-2H3. The van der Waals surface area contributed by atoms with Crippen LogP contribution in [0.1, 0.15) is 32.6 Å². The molecule has 3 atom stereocenters. The van der Waals surface area contributed by atoms with Gasteiger partial charge in [0, 0.05) is 48.0 Å². The summed E-state index contributed by atoms with van der Waals surface area (Å²) in [5.41, 5.74) is 0. The Morgan fingerprint density at radius 2 is 2.12 bits per heavy atom. The maximum Gasteiger partial charge on any atom is 0.0329 e. The lowest BCUT2D eigenvalue weighted by Crippen LogP contribution is -2.55. The van der Waals surface area contributed by atoms with Crippen molar-refractivity contribution >= 4 is 10.8 Å². The van der Waals surface area contributed by atoms with Crippen LogP contribution in [0.15, 0.2) is 0 Å². The van der Waals surface area contributed by atoms with Gasteiger partial charge in [0.15, 0.2) is 0 Å². The molecule has 0 spiro atoms. The fourth-order valence-electron chi connectivity index (χ4n) is 2.95. The summed E-state index contributed by atoms with van der Waals surface area (Å²) in [6, 6.07) is 0.805. The maximum atomic E-state index is 11.3. The van der Waals surface area contributed by atoms with E-state index in [1.54, 1.807) is 0 Å². The number of rotatable bonds is 4. The van der Waals surface area contributed by atoms with Crippen LogP contribution in [-0.4, -0.2) is 64.3 Å². The second kappa shape index (κ2) is 6.30. The summed E-state index contributed by atoms with van der Waals surface area (Å²) in [7, 11) is -0.660. The van der Waals surface area contributed by atoms with E-state index in [4.69, 9.17) is 0 Å². The van der Waals surface area contributed by atoms with Crippen LogP contribution in [-0.2, 0) is 10.8 Å². The Balaban J connectivity index is 1.74. The molecule has 0 amide bonds. The van der Waals surface area contributed by atoms with Crippen LogP contribution in [0.2, 0.25) is 0 Å². The second-order valence-electron chi connectivity index (χ2n) is 5.58. The van der Waals surface area contributed by atoms with E-state index in [2.05, 4.69) is 16.7 Å². The van der Waals surface area contributed by atoms with Gasteiger partial charge in [-0.15, -0.1) is 0 Å². The molecule has 2 rings (SSSR count). The molecule has 3 unspecified atom stereocenters. The number of hydrogen-bond acceptors (Lipinski definition) is 3. The molecular formula is C13H26N2OS. The summed E-state index contributed by atoms with van der Waals surface area (Å²) in [5, 5.41) is 0.347. The Hall–Kier alpha value is 0.0700. The van der Waals surface area contributed by atoms with Crippen molar-refractivity contribution in [1.29, 1.82) is 0 Å². The molecule has 2 fully saturated rings. The van der Waals surface area contributed by atoms with Crippen molar-refractivity contribution in [3.05, 3.63) is 0 Å². The van der Waals surface area contributed by atoms with E-state index in [1.807, 2.05) is 6.26 Å². The van der Waals surface area contributed by atoms with Crippen LogP contribution in [0, 0.1) is 0 Å². The molecule has 17 heavy (non-hydrogen) atoms. The van der Waals surface area contributed by atoms with Gasteiger partial charge in [0.1, 0.15) is 0 Å². The molecule has 0 N–H and O–H groups in total. The quantitative estimate of drug-likeness (QED) is 0.760. The van der Waals surface area contributed by atoms with Crippen molar-refractivity contribution < 1.29 is 4.21 Å². The van der Waals surface area contributed by atoms with Crippen molar-refractivity contribution in [2.45, 2.75) is 43.9 Å². The van der Waals surface area contributed by atoms with Crippen LogP contribution in [0.5, 0.6) is 0 Å². The molecule has 0 bridgehead atoms. The molecule has 2 aliphatic heterocycles. The highest BCUT2D eigenvalue weighted by Gasteiger charge is 2.28. The number of fused-ring (bicyclic) bond motifs is 1. The van der Waals surface area contributed by atoms with Crippen LogP contribution < -0.4 is 0 Å². The van der Waals surface area contributed by atoms with Crippen LogP contribution in [0.4, 0.5) is 0 Å². The van der Waals surface area contributed by atoms with Gasteiger partial charge in [-0.3, -0.25) is 9.11 Å². The average Bonchev–Trinajstić information content (AvgIpc) is 2.35. The van der Waals surface area contributed by atoms with E-state index in [0.717, 1.165) is 19.0 Å². The first-order chi connectivity index (χ1) is 8.16. The smallest absolute Gasteiger partial charge is 0.0329 e. The van der Waals surface area contributed by atoms with E-state index < -0.39 is 10.8 Å². The third-order valence-corrected chi connectivity index (χ3v) is 5.71. The minimum Gasteiger partial charge on any atom is -0.300 e. The first kappa shape index (κ1) is 13.5. The topological polar surface area (TPSA) is 23.6 Å². The summed E-state index contributed by atoms with van der Waals surface area (Å²) in [6.07, 6.45) is 7.08. The number of piperazine rings is 1. The number of piperidine rings is 1. The third-order valence-electron chi connectivity index (χ3n) is 4.34. The zero-order valence-corrected chi connectivity index (χ0v) is 12.0. The molecule has 0 aromatic rings. The molecule has 4 heteroatoms. The average molecular weight is 258 g/mol. The lowest BCUT2D eigenvalue weighted by Gasteiger charge is -2.44. The van der Waals surface area contributed by atoms with Crippen LogP contribution in [0.3, 0.4) is 0 Å². The van der Waals surface area contributed by atoms with Crippen molar-refractivity contribution in [3.63, 3.8) is 0 Å². The zero-order chi connectivity index (χ0) is 12.3. The predicted octanol–water partition coefficient (Wildman–Crippen LogP) is 1.31. The van der Waals surface area contributed by atoms with E-state index >= 15 is 0 Å². The SMILES string of the molecule is CC(CCN1CCN2CCCCC2C1)S(C)=O. The first-order valence-electron chi connectivity index (χ1n) is 6.95. The number of nitrogens with zero attached hydrogens (tertiary/aromatic N) is 2. The maximum absolute atomic E-state index is 11.3. The molecule has 0 aromatic carbocycles. The van der Waals surface area contributed by atoms with Crippen molar-refractivity contribution in [2.24, 2.45) is 0 Å². The highest BCUT2D eigenvalue weighted by molar-refractivity contribution is 7.84. The summed E-state index contributed by atoms with van der Waals surface area (Å²) < 4.78 is 11.3. The Kier molecular flexibility index (Phi) is 5.00. The van der Waals surface area contributed by atoms with Gasteiger partial charge in [-0.1, -0.05) is 13.3 Å². The van der Waals surface area contributed by atoms with Crippen molar-refractivity contribution in [3.8, 4) is 0 Å². The zero-order valence-electron chi connectivity index (χ0n) is 11.2. The largest absolute Gasteiger partial charge is 0.300 e. The van der Waals surface area contributed by atoms with E-state index in [9.17, 15) is 4.21 Å². The Labute approximate surface area is 108 Å². The van der Waals surface area contributed by atoms with E-state index in [-0.39, 0.29) is 0 Å². The van der Waals surface area contributed by atoms with Gasteiger partial charge in [0.25, 0.3) is 0 Å². The molecular weight excluding hydrogens is 232 g/mol. The van der Waals surface area contributed by atoms with Gasteiger partial charge < -0.3 is 4.90 Å². The molecule has 2 aliphatic rings. The summed E-state index contributed by atoms with van der Waals surface area (Å²) in [5.74, 6) is 0. The van der Waals surface area contributed by atoms with Crippen LogP contribution >= 0.6 is 0 Å². The van der Waals surface area contributed by atoms with Crippen LogP contribution in [0.25, 0.3) is 0 Å². The second-order valence-corrected chi connectivity index (χ2v) is 7.39. The van der Waals surface area contributed by atoms with E-state index in [1.165, 1.54) is 45.4 Å². The molecule has 0 saturated carbocycles. The minimum atomic E-state index is -0.660. The lowest BCUT2D eigenvalue weighted by atomic mass is 9.99. The molecule has 2 heterocycles. The predicted molar refractivity (Wildman–Crippen MR) is 73.8 cm³/mol. The highest BCUT2D eigenvalue weighted by Crippen LogP contribution is 2.21. The molecule has 0 aromatic heterocycles. The van der Waals surface area contributed by atoms with Crippen molar-refractivity contribution in [1.82, 2.24) is 9.80 Å². The molecule has 2 saturated heterocycles. The van der Waals surface area contributed by atoms with Crippen molar-refractivity contribution in [2.75, 3.05) is 39.0 Å². The molecule has 100 valence electrons. The monoisotopic (exact) mass is 258 g/mol. The fraction of sp³-hybridized carbons (Fsp3) is 1.00. The fourth-order valence-corrected chi connectivity index (χ4v) is 3.39.